The quantitative estimate of drug-likeness (QED) is 0.881. The van der Waals surface area contributed by atoms with E-state index in [2.05, 4.69) is 9.97 Å². The number of imidazole rings is 1. The molecule has 96 valence electrons. The molecule has 2 rings (SSSR count). The van der Waals surface area contributed by atoms with Crippen molar-refractivity contribution in [3.05, 3.63) is 41.5 Å². The average Bonchev–Trinajstić information content (AvgIpc) is 2.81. The highest BCUT2D eigenvalue weighted by atomic mass is 16.5. The fraction of sp³-hybridized carbons (Fsp3) is 0.357. The Balaban J connectivity index is 2.11. The molecule has 0 spiro atoms. The summed E-state index contributed by atoms with van der Waals surface area (Å²) in [6, 6.07) is 5.90. The monoisotopic (exact) mass is 246 g/mol. The lowest BCUT2D eigenvalue weighted by Gasteiger charge is -2.10. The van der Waals surface area contributed by atoms with Crippen LogP contribution in [0.3, 0.4) is 0 Å². The lowest BCUT2D eigenvalue weighted by molar-refractivity contribution is 0.391. The predicted molar refractivity (Wildman–Crippen MR) is 70.3 cm³/mol. The third-order valence-corrected chi connectivity index (χ3v) is 3.06. The van der Waals surface area contributed by atoms with Gasteiger partial charge in [0.1, 0.15) is 11.5 Å². The molecule has 0 unspecified atom stereocenters. The van der Waals surface area contributed by atoms with Crippen molar-refractivity contribution in [1.29, 1.82) is 0 Å². The van der Waals surface area contributed by atoms with E-state index < -0.39 is 0 Å². The number of benzene rings is 1. The number of nitrogens with zero attached hydrogens (tertiary/aromatic N) is 1. The van der Waals surface area contributed by atoms with Crippen LogP contribution in [0.5, 0.6) is 11.5 Å². The van der Waals surface area contributed by atoms with Crippen LogP contribution in [0, 0.1) is 6.92 Å². The summed E-state index contributed by atoms with van der Waals surface area (Å²) in [5, 5.41) is 0. The molecule has 1 N–H and O–H groups in total. The van der Waals surface area contributed by atoms with E-state index in [0.717, 1.165) is 35.7 Å². The van der Waals surface area contributed by atoms with Crippen LogP contribution in [0.25, 0.3) is 0 Å². The maximum absolute atomic E-state index is 5.38. The van der Waals surface area contributed by atoms with Gasteiger partial charge in [0, 0.05) is 11.8 Å². The summed E-state index contributed by atoms with van der Waals surface area (Å²) < 4.78 is 10.6. The van der Waals surface area contributed by atoms with Gasteiger partial charge in [-0.1, -0.05) is 6.07 Å². The number of nitrogens with one attached hydrogen (secondary N) is 1. The number of rotatable bonds is 5. The molecule has 0 aliphatic carbocycles. The molecule has 0 amide bonds. The summed E-state index contributed by atoms with van der Waals surface area (Å²) in [6.07, 6.45) is 3.53. The summed E-state index contributed by atoms with van der Waals surface area (Å²) in [7, 11) is 3.33. The van der Waals surface area contributed by atoms with Crippen LogP contribution in [-0.2, 0) is 12.8 Å². The average molecular weight is 246 g/mol. The zero-order chi connectivity index (χ0) is 13.0. The highest BCUT2D eigenvalue weighted by Gasteiger charge is 2.07. The molecular formula is C14H18N2O2. The van der Waals surface area contributed by atoms with Gasteiger partial charge in [-0.2, -0.15) is 0 Å². The normalized spacial score (nSPS) is 10.4. The smallest absolute Gasteiger partial charge is 0.125 e. The summed E-state index contributed by atoms with van der Waals surface area (Å²) >= 11 is 0. The minimum atomic E-state index is 0.812. The van der Waals surface area contributed by atoms with Crippen molar-refractivity contribution in [2.24, 2.45) is 0 Å². The van der Waals surface area contributed by atoms with Crippen LogP contribution in [0.1, 0.15) is 17.0 Å². The molecular weight excluding hydrogens is 228 g/mol. The van der Waals surface area contributed by atoms with Gasteiger partial charge in [0.25, 0.3) is 0 Å². The topological polar surface area (TPSA) is 47.1 Å². The minimum Gasteiger partial charge on any atom is -0.497 e. The molecule has 4 nitrogen and oxygen atoms in total. The highest BCUT2D eigenvalue weighted by molar-refractivity contribution is 5.41. The van der Waals surface area contributed by atoms with Gasteiger partial charge < -0.3 is 14.5 Å². The van der Waals surface area contributed by atoms with Gasteiger partial charge in [-0.05, 0) is 31.4 Å². The second kappa shape index (κ2) is 5.58. The van der Waals surface area contributed by atoms with Gasteiger partial charge >= 0.3 is 0 Å². The molecule has 0 saturated heterocycles. The van der Waals surface area contributed by atoms with Gasteiger partial charge in [0.05, 0.1) is 26.2 Å². The number of methoxy groups -OCH3 is 2. The van der Waals surface area contributed by atoms with Gasteiger partial charge in [-0.25, -0.2) is 4.98 Å². The van der Waals surface area contributed by atoms with E-state index in [4.69, 9.17) is 9.47 Å². The zero-order valence-corrected chi connectivity index (χ0v) is 11.0. The number of hydrogen-bond donors (Lipinski definition) is 1. The molecule has 1 aromatic carbocycles. The van der Waals surface area contributed by atoms with E-state index in [9.17, 15) is 0 Å². The highest BCUT2D eigenvalue weighted by Crippen LogP contribution is 2.25. The minimum absolute atomic E-state index is 0.812. The van der Waals surface area contributed by atoms with Crippen molar-refractivity contribution in [3.8, 4) is 11.5 Å². The first-order valence-corrected chi connectivity index (χ1v) is 5.94. The molecule has 0 atom stereocenters. The first-order chi connectivity index (χ1) is 8.74. The maximum atomic E-state index is 5.38. The van der Waals surface area contributed by atoms with Crippen molar-refractivity contribution < 1.29 is 9.47 Å². The molecule has 0 aliphatic rings. The maximum Gasteiger partial charge on any atom is 0.125 e. The van der Waals surface area contributed by atoms with Crippen LogP contribution >= 0.6 is 0 Å². The van der Waals surface area contributed by atoms with Crippen LogP contribution in [0.2, 0.25) is 0 Å². The van der Waals surface area contributed by atoms with E-state index in [0.29, 0.717) is 0 Å². The first kappa shape index (κ1) is 12.5. The Kier molecular flexibility index (Phi) is 3.87. The molecule has 18 heavy (non-hydrogen) atoms. The Labute approximate surface area is 107 Å². The Morgan fingerprint density at radius 2 is 2.00 bits per heavy atom. The van der Waals surface area contributed by atoms with Crippen molar-refractivity contribution in [1.82, 2.24) is 9.97 Å². The molecule has 1 heterocycles. The summed E-state index contributed by atoms with van der Waals surface area (Å²) in [4.78, 5) is 7.39. The van der Waals surface area contributed by atoms with Crippen molar-refractivity contribution in [2.75, 3.05) is 14.2 Å². The predicted octanol–water partition coefficient (Wildman–Crippen LogP) is 2.52. The molecule has 0 bridgehead atoms. The van der Waals surface area contributed by atoms with E-state index in [1.807, 2.05) is 25.1 Å². The molecule has 2 aromatic rings. The number of aryl methyl sites for hydroxylation is 3. The third-order valence-electron chi connectivity index (χ3n) is 3.06. The SMILES string of the molecule is COc1ccc(CCc2nc[nH]c2C)c(OC)c1. The Bertz CT molecular complexity index is 520. The van der Waals surface area contributed by atoms with E-state index in [1.54, 1.807) is 20.5 Å². The number of ether oxygens (including phenoxy) is 2. The Hall–Kier alpha value is -1.97. The fourth-order valence-corrected chi connectivity index (χ4v) is 1.95. The van der Waals surface area contributed by atoms with E-state index >= 15 is 0 Å². The number of hydrogen-bond acceptors (Lipinski definition) is 3. The van der Waals surface area contributed by atoms with E-state index in [1.165, 1.54) is 5.56 Å². The van der Waals surface area contributed by atoms with Crippen LogP contribution < -0.4 is 9.47 Å². The standard InChI is InChI=1S/C14H18N2O2/c1-10-13(16-9-15-10)7-5-11-4-6-12(17-2)8-14(11)18-3/h4,6,8-9H,5,7H2,1-3H3,(H,15,16). The van der Waals surface area contributed by atoms with Crippen molar-refractivity contribution in [3.63, 3.8) is 0 Å². The van der Waals surface area contributed by atoms with Gasteiger partial charge in [0.2, 0.25) is 0 Å². The van der Waals surface area contributed by atoms with Gasteiger partial charge in [0.15, 0.2) is 0 Å². The number of aromatic nitrogens is 2. The summed E-state index contributed by atoms with van der Waals surface area (Å²) in [5.41, 5.74) is 3.40. The lowest BCUT2D eigenvalue weighted by atomic mass is 10.1. The van der Waals surface area contributed by atoms with Crippen molar-refractivity contribution >= 4 is 0 Å². The molecule has 0 fully saturated rings. The Morgan fingerprint density at radius 3 is 2.61 bits per heavy atom. The molecule has 0 aliphatic heterocycles. The number of H-pyrrole nitrogens is 1. The van der Waals surface area contributed by atoms with Gasteiger partial charge in [-0.15, -0.1) is 0 Å². The third kappa shape index (κ3) is 2.64. The lowest BCUT2D eigenvalue weighted by Crippen LogP contribution is -1.97. The second-order valence-electron chi connectivity index (χ2n) is 4.15. The van der Waals surface area contributed by atoms with Crippen LogP contribution in [-0.4, -0.2) is 24.2 Å². The number of aromatic amines is 1. The van der Waals surface area contributed by atoms with Crippen LogP contribution in [0.4, 0.5) is 0 Å². The summed E-state index contributed by atoms with van der Waals surface area (Å²) in [6.45, 7) is 2.04. The Morgan fingerprint density at radius 1 is 1.17 bits per heavy atom. The molecule has 0 saturated carbocycles. The summed E-state index contributed by atoms with van der Waals surface area (Å²) in [5.74, 6) is 1.68. The van der Waals surface area contributed by atoms with Crippen molar-refractivity contribution in [2.45, 2.75) is 19.8 Å². The molecule has 1 aromatic heterocycles. The molecule has 4 heteroatoms. The van der Waals surface area contributed by atoms with Crippen LogP contribution in [0.15, 0.2) is 24.5 Å². The zero-order valence-electron chi connectivity index (χ0n) is 11.0. The fourth-order valence-electron chi connectivity index (χ4n) is 1.95. The van der Waals surface area contributed by atoms with E-state index in [-0.39, 0.29) is 0 Å². The second-order valence-corrected chi connectivity index (χ2v) is 4.15. The van der Waals surface area contributed by atoms with Gasteiger partial charge in [-0.3, -0.25) is 0 Å². The largest absolute Gasteiger partial charge is 0.497 e. The first-order valence-electron chi connectivity index (χ1n) is 5.94. The molecule has 0 radical (unpaired) electrons.